The summed E-state index contributed by atoms with van der Waals surface area (Å²) in [6.07, 6.45) is 22.1. The Morgan fingerprint density at radius 3 is 1.96 bits per heavy atom. The summed E-state index contributed by atoms with van der Waals surface area (Å²) in [5, 5.41) is 0. The molecule has 0 aromatic rings. The largest absolute Gasteiger partial charge is 0.304 e. The van der Waals surface area contributed by atoms with Crippen LogP contribution in [0.1, 0.15) is 110 Å². The summed E-state index contributed by atoms with van der Waals surface area (Å²) < 4.78 is 0. The third-order valence-corrected chi connectivity index (χ3v) is 7.17. The van der Waals surface area contributed by atoms with E-state index in [0.717, 1.165) is 12.0 Å². The lowest BCUT2D eigenvalue weighted by Gasteiger charge is -2.44. The van der Waals surface area contributed by atoms with Crippen LogP contribution in [0.4, 0.5) is 0 Å². The number of likely N-dealkylation sites (tertiary alicyclic amines) is 1. The van der Waals surface area contributed by atoms with Gasteiger partial charge >= 0.3 is 0 Å². The SMILES string of the molecule is CCN(CC)CCCCCCCCCCCN1CCCC2CCCCC21. The van der Waals surface area contributed by atoms with Gasteiger partial charge in [-0.3, -0.25) is 0 Å². The molecule has 0 aromatic heterocycles. The quantitative estimate of drug-likeness (QED) is 0.325. The highest BCUT2D eigenvalue weighted by Crippen LogP contribution is 2.35. The normalized spacial score (nSPS) is 24.1. The first kappa shape index (κ1) is 22.2. The summed E-state index contributed by atoms with van der Waals surface area (Å²) >= 11 is 0. The summed E-state index contributed by atoms with van der Waals surface area (Å²) in [6.45, 7) is 11.1. The van der Waals surface area contributed by atoms with Crippen LogP contribution in [0, 0.1) is 5.92 Å². The molecule has 0 spiro atoms. The topological polar surface area (TPSA) is 6.48 Å². The van der Waals surface area contributed by atoms with Crippen molar-refractivity contribution >= 4 is 0 Å². The predicted octanol–water partition coefficient (Wildman–Crippen LogP) is 6.49. The zero-order valence-electron chi connectivity index (χ0n) is 18.2. The van der Waals surface area contributed by atoms with Crippen LogP contribution in [0.3, 0.4) is 0 Å². The molecule has 0 radical (unpaired) electrons. The fourth-order valence-electron chi connectivity index (χ4n) is 5.43. The van der Waals surface area contributed by atoms with Crippen LogP contribution in [-0.4, -0.2) is 48.6 Å². The van der Waals surface area contributed by atoms with E-state index in [0.29, 0.717) is 0 Å². The Kier molecular flexibility index (Phi) is 12.0. The van der Waals surface area contributed by atoms with Crippen LogP contribution in [0.2, 0.25) is 0 Å². The maximum atomic E-state index is 2.88. The standard InChI is InChI=1S/C24H48N2/c1-3-25(4-2)20-14-10-8-6-5-7-9-11-15-21-26-22-16-18-23-17-12-13-19-24(23)26/h23-24H,3-22H2,1-2H3. The molecule has 2 unspecified atom stereocenters. The van der Waals surface area contributed by atoms with Gasteiger partial charge in [0.25, 0.3) is 0 Å². The molecule has 26 heavy (non-hydrogen) atoms. The van der Waals surface area contributed by atoms with Gasteiger partial charge in [-0.15, -0.1) is 0 Å². The molecule has 1 saturated carbocycles. The third-order valence-electron chi connectivity index (χ3n) is 7.17. The molecular formula is C24H48N2. The molecule has 1 aliphatic heterocycles. The maximum absolute atomic E-state index is 2.88. The van der Waals surface area contributed by atoms with Crippen molar-refractivity contribution in [2.75, 3.05) is 32.7 Å². The van der Waals surface area contributed by atoms with Crippen molar-refractivity contribution in [2.45, 2.75) is 116 Å². The average molecular weight is 365 g/mol. The van der Waals surface area contributed by atoms with Gasteiger partial charge in [0, 0.05) is 6.04 Å². The van der Waals surface area contributed by atoms with Gasteiger partial charge in [0.05, 0.1) is 0 Å². The van der Waals surface area contributed by atoms with Crippen molar-refractivity contribution < 1.29 is 0 Å². The van der Waals surface area contributed by atoms with Crippen molar-refractivity contribution in [1.82, 2.24) is 9.80 Å². The molecule has 0 aromatic carbocycles. The second kappa shape index (κ2) is 14.0. The fourth-order valence-corrected chi connectivity index (χ4v) is 5.43. The molecule has 0 bridgehead atoms. The summed E-state index contributed by atoms with van der Waals surface area (Å²) in [5.74, 6) is 1.05. The van der Waals surface area contributed by atoms with E-state index in [1.807, 2.05) is 0 Å². The minimum absolute atomic E-state index is 0.967. The van der Waals surface area contributed by atoms with E-state index in [2.05, 4.69) is 23.6 Å². The molecule has 2 atom stereocenters. The number of fused-ring (bicyclic) bond motifs is 1. The van der Waals surface area contributed by atoms with Crippen molar-refractivity contribution in [3.05, 3.63) is 0 Å². The molecule has 0 N–H and O–H groups in total. The van der Waals surface area contributed by atoms with Crippen LogP contribution in [-0.2, 0) is 0 Å². The van der Waals surface area contributed by atoms with Gasteiger partial charge in [-0.05, 0) is 77.2 Å². The van der Waals surface area contributed by atoms with E-state index < -0.39 is 0 Å². The van der Waals surface area contributed by atoms with E-state index in [9.17, 15) is 0 Å². The van der Waals surface area contributed by atoms with Gasteiger partial charge in [-0.25, -0.2) is 0 Å². The highest BCUT2D eigenvalue weighted by atomic mass is 15.2. The average Bonchev–Trinajstić information content (AvgIpc) is 2.69. The number of unbranched alkanes of at least 4 members (excludes halogenated alkanes) is 8. The fraction of sp³-hybridized carbons (Fsp3) is 1.00. The lowest BCUT2D eigenvalue weighted by atomic mass is 9.78. The molecule has 0 amide bonds. The van der Waals surface area contributed by atoms with Gasteiger partial charge in [-0.1, -0.05) is 71.6 Å². The number of rotatable bonds is 14. The smallest absolute Gasteiger partial charge is 0.0123 e. The zero-order chi connectivity index (χ0) is 18.5. The summed E-state index contributed by atoms with van der Waals surface area (Å²) in [6, 6.07) is 0.967. The number of hydrogen-bond donors (Lipinski definition) is 0. The van der Waals surface area contributed by atoms with Gasteiger partial charge in [0.2, 0.25) is 0 Å². The molecule has 2 heteroatoms. The monoisotopic (exact) mass is 364 g/mol. The molecule has 2 rings (SSSR count). The zero-order valence-corrected chi connectivity index (χ0v) is 18.2. The summed E-state index contributed by atoms with van der Waals surface area (Å²) in [7, 11) is 0. The number of nitrogens with zero attached hydrogens (tertiary/aromatic N) is 2. The van der Waals surface area contributed by atoms with Crippen LogP contribution >= 0.6 is 0 Å². The van der Waals surface area contributed by atoms with Crippen LogP contribution < -0.4 is 0 Å². The summed E-state index contributed by atoms with van der Waals surface area (Å²) in [5.41, 5.74) is 0. The Bertz CT molecular complexity index is 324. The van der Waals surface area contributed by atoms with Crippen molar-refractivity contribution in [2.24, 2.45) is 5.92 Å². The van der Waals surface area contributed by atoms with Crippen LogP contribution in [0.25, 0.3) is 0 Å². The van der Waals surface area contributed by atoms with Crippen molar-refractivity contribution in [3.8, 4) is 0 Å². The maximum Gasteiger partial charge on any atom is 0.0123 e. The number of hydrogen-bond acceptors (Lipinski definition) is 2. The van der Waals surface area contributed by atoms with E-state index >= 15 is 0 Å². The van der Waals surface area contributed by atoms with E-state index in [-0.39, 0.29) is 0 Å². The first-order valence-corrected chi connectivity index (χ1v) is 12.3. The Hall–Kier alpha value is -0.0800. The lowest BCUT2D eigenvalue weighted by Crippen LogP contribution is -2.46. The van der Waals surface area contributed by atoms with Gasteiger partial charge in [-0.2, -0.15) is 0 Å². The molecular weight excluding hydrogens is 316 g/mol. The van der Waals surface area contributed by atoms with E-state index in [1.165, 1.54) is 129 Å². The van der Waals surface area contributed by atoms with Gasteiger partial charge in [0.15, 0.2) is 0 Å². The minimum Gasteiger partial charge on any atom is -0.304 e. The second-order valence-corrected chi connectivity index (χ2v) is 9.00. The lowest BCUT2D eigenvalue weighted by molar-refractivity contribution is 0.0595. The molecule has 154 valence electrons. The van der Waals surface area contributed by atoms with E-state index in [1.54, 1.807) is 0 Å². The first-order chi connectivity index (χ1) is 12.8. The molecule has 2 nitrogen and oxygen atoms in total. The Morgan fingerprint density at radius 1 is 0.692 bits per heavy atom. The van der Waals surface area contributed by atoms with Crippen LogP contribution in [0.5, 0.6) is 0 Å². The molecule has 2 aliphatic rings. The minimum atomic E-state index is 0.967. The Labute approximate surface area is 165 Å². The van der Waals surface area contributed by atoms with Crippen molar-refractivity contribution in [3.63, 3.8) is 0 Å². The Balaban J connectivity index is 1.38. The molecule has 1 heterocycles. The van der Waals surface area contributed by atoms with E-state index in [4.69, 9.17) is 0 Å². The summed E-state index contributed by atoms with van der Waals surface area (Å²) in [4.78, 5) is 5.43. The van der Waals surface area contributed by atoms with Gasteiger partial charge in [0.1, 0.15) is 0 Å². The number of piperidine rings is 1. The highest BCUT2D eigenvalue weighted by molar-refractivity contribution is 4.87. The highest BCUT2D eigenvalue weighted by Gasteiger charge is 2.32. The van der Waals surface area contributed by atoms with Crippen LogP contribution in [0.15, 0.2) is 0 Å². The van der Waals surface area contributed by atoms with Crippen molar-refractivity contribution in [1.29, 1.82) is 0 Å². The first-order valence-electron chi connectivity index (χ1n) is 12.3. The molecule has 2 fully saturated rings. The third kappa shape index (κ3) is 8.30. The second-order valence-electron chi connectivity index (χ2n) is 9.00. The predicted molar refractivity (Wildman–Crippen MR) is 116 cm³/mol. The molecule has 1 saturated heterocycles. The Morgan fingerprint density at radius 2 is 1.27 bits per heavy atom. The molecule has 1 aliphatic carbocycles. The van der Waals surface area contributed by atoms with Gasteiger partial charge < -0.3 is 9.80 Å².